The molecule has 0 aliphatic carbocycles. The Labute approximate surface area is 111 Å². The van der Waals surface area contributed by atoms with Crippen molar-refractivity contribution >= 4 is 23.2 Å². The Balaban J connectivity index is 2.74. The Bertz CT molecular complexity index is 408. The topological polar surface area (TPSA) is 73.6 Å². The highest BCUT2D eigenvalue weighted by molar-refractivity contribution is 6.32. The van der Waals surface area contributed by atoms with E-state index in [-0.39, 0.29) is 12.5 Å². The second-order valence-electron chi connectivity index (χ2n) is 3.53. The molecule has 1 unspecified atom stereocenters. The molecule has 0 saturated heterocycles. The Hall–Kier alpha value is -1.30. The van der Waals surface area contributed by atoms with Crippen molar-refractivity contribution in [3.63, 3.8) is 0 Å². The van der Waals surface area contributed by atoms with E-state index in [1.165, 1.54) is 7.11 Å². The summed E-state index contributed by atoms with van der Waals surface area (Å²) in [6.45, 7) is 2.52. The molecule has 0 bridgehead atoms. The Morgan fingerprint density at radius 1 is 1.56 bits per heavy atom. The molecular formula is C12H17ClN2O3. The molecular weight excluding hydrogens is 256 g/mol. The summed E-state index contributed by atoms with van der Waals surface area (Å²) in [4.78, 5) is 11.7. The number of carbonyl (C=O) groups is 1. The highest BCUT2D eigenvalue weighted by atomic mass is 35.5. The number of benzene rings is 1. The van der Waals surface area contributed by atoms with Gasteiger partial charge in [0.25, 0.3) is 5.91 Å². The smallest absolute Gasteiger partial charge is 0.254 e. The zero-order valence-corrected chi connectivity index (χ0v) is 11.2. The molecule has 18 heavy (non-hydrogen) atoms. The summed E-state index contributed by atoms with van der Waals surface area (Å²) in [7, 11) is 1.43. The average Bonchev–Trinajstić information content (AvgIpc) is 2.34. The molecule has 1 aromatic rings. The summed E-state index contributed by atoms with van der Waals surface area (Å²) in [5, 5.41) is 3.11. The predicted molar refractivity (Wildman–Crippen MR) is 71.1 cm³/mol. The van der Waals surface area contributed by atoms with Gasteiger partial charge in [-0.05, 0) is 25.1 Å². The predicted octanol–water partition coefficient (Wildman–Crippen LogP) is 1.65. The van der Waals surface area contributed by atoms with Gasteiger partial charge in [0.15, 0.2) is 0 Å². The summed E-state index contributed by atoms with van der Waals surface area (Å²) in [6.07, 6.45) is -0.671. The fraction of sp³-hybridized carbons (Fsp3) is 0.417. The van der Waals surface area contributed by atoms with Gasteiger partial charge in [-0.1, -0.05) is 11.6 Å². The van der Waals surface area contributed by atoms with E-state index in [0.717, 1.165) is 0 Å². The number of anilines is 1. The van der Waals surface area contributed by atoms with Gasteiger partial charge in [0.2, 0.25) is 0 Å². The van der Waals surface area contributed by atoms with Gasteiger partial charge in [0.05, 0.1) is 11.6 Å². The first kappa shape index (κ1) is 14.8. The van der Waals surface area contributed by atoms with Gasteiger partial charge in [-0.25, -0.2) is 0 Å². The van der Waals surface area contributed by atoms with E-state index in [0.29, 0.717) is 23.1 Å². The molecule has 1 aromatic carbocycles. The first-order valence-corrected chi connectivity index (χ1v) is 5.96. The first-order chi connectivity index (χ1) is 8.62. The number of nitrogens with one attached hydrogen (secondary N) is 1. The van der Waals surface area contributed by atoms with Crippen LogP contribution in [-0.2, 0) is 9.53 Å². The molecule has 5 nitrogen and oxygen atoms in total. The first-order valence-electron chi connectivity index (χ1n) is 5.58. The van der Waals surface area contributed by atoms with Crippen molar-refractivity contribution in [2.75, 3.05) is 25.6 Å². The van der Waals surface area contributed by atoms with E-state index in [2.05, 4.69) is 5.32 Å². The molecule has 0 saturated carbocycles. The lowest BCUT2D eigenvalue weighted by molar-refractivity contribution is -0.125. The highest BCUT2D eigenvalue weighted by Crippen LogP contribution is 2.27. The third-order valence-electron chi connectivity index (χ3n) is 2.29. The van der Waals surface area contributed by atoms with Crippen LogP contribution in [0, 0.1) is 0 Å². The molecule has 0 spiro atoms. The summed E-state index contributed by atoms with van der Waals surface area (Å²) < 4.78 is 10.2. The van der Waals surface area contributed by atoms with Crippen molar-refractivity contribution < 1.29 is 14.3 Å². The second-order valence-corrected chi connectivity index (χ2v) is 3.93. The fourth-order valence-electron chi connectivity index (χ4n) is 1.38. The molecule has 0 fully saturated rings. The summed E-state index contributed by atoms with van der Waals surface area (Å²) in [6, 6.07) is 5.03. The summed E-state index contributed by atoms with van der Waals surface area (Å²) >= 11 is 6.01. The van der Waals surface area contributed by atoms with E-state index >= 15 is 0 Å². The van der Waals surface area contributed by atoms with Gasteiger partial charge >= 0.3 is 0 Å². The third kappa shape index (κ3) is 3.87. The SMILES string of the molecule is CCOc1ccc(NC(=O)C(CN)OC)cc1Cl. The Morgan fingerprint density at radius 2 is 2.28 bits per heavy atom. The lowest BCUT2D eigenvalue weighted by Gasteiger charge is -2.14. The number of nitrogens with two attached hydrogens (primary N) is 1. The van der Waals surface area contributed by atoms with Gasteiger partial charge in [0.1, 0.15) is 11.9 Å². The minimum absolute atomic E-state index is 0.118. The molecule has 0 radical (unpaired) electrons. The van der Waals surface area contributed by atoms with E-state index in [1.807, 2.05) is 6.92 Å². The molecule has 1 amide bonds. The van der Waals surface area contributed by atoms with Crippen LogP contribution >= 0.6 is 11.6 Å². The number of carbonyl (C=O) groups excluding carboxylic acids is 1. The van der Waals surface area contributed by atoms with Gasteiger partial charge in [-0.2, -0.15) is 0 Å². The van der Waals surface area contributed by atoms with Crippen LogP contribution in [0.15, 0.2) is 18.2 Å². The van der Waals surface area contributed by atoms with Crippen molar-refractivity contribution in [1.82, 2.24) is 0 Å². The maximum Gasteiger partial charge on any atom is 0.254 e. The summed E-state index contributed by atoms with van der Waals surface area (Å²) in [5.74, 6) is 0.277. The number of hydrogen-bond acceptors (Lipinski definition) is 4. The molecule has 3 N–H and O–H groups in total. The van der Waals surface area contributed by atoms with E-state index in [4.69, 9.17) is 26.8 Å². The van der Waals surface area contributed by atoms with Crippen LogP contribution in [0.25, 0.3) is 0 Å². The van der Waals surface area contributed by atoms with Crippen molar-refractivity contribution in [3.8, 4) is 5.75 Å². The Kier molecular flexibility index (Phi) is 5.91. The lowest BCUT2D eigenvalue weighted by Crippen LogP contribution is -2.35. The van der Waals surface area contributed by atoms with Crippen LogP contribution < -0.4 is 15.8 Å². The van der Waals surface area contributed by atoms with Crippen LogP contribution in [0.1, 0.15) is 6.92 Å². The lowest BCUT2D eigenvalue weighted by atomic mass is 10.2. The minimum atomic E-state index is -0.671. The Morgan fingerprint density at radius 3 is 2.78 bits per heavy atom. The molecule has 6 heteroatoms. The largest absolute Gasteiger partial charge is 0.492 e. The van der Waals surface area contributed by atoms with Crippen LogP contribution in [0.3, 0.4) is 0 Å². The van der Waals surface area contributed by atoms with Crippen molar-refractivity contribution in [3.05, 3.63) is 23.2 Å². The molecule has 0 aromatic heterocycles. The molecule has 1 atom stereocenters. The average molecular weight is 273 g/mol. The number of rotatable bonds is 6. The molecule has 100 valence electrons. The van der Waals surface area contributed by atoms with Gasteiger partial charge < -0.3 is 20.5 Å². The van der Waals surface area contributed by atoms with Crippen molar-refractivity contribution in [1.29, 1.82) is 0 Å². The molecule has 1 rings (SSSR count). The standard InChI is InChI=1S/C12H17ClN2O3/c1-3-18-10-5-4-8(6-9(10)13)15-12(16)11(7-14)17-2/h4-6,11H,3,7,14H2,1-2H3,(H,15,16). The molecule has 0 aliphatic rings. The van der Waals surface area contributed by atoms with Gasteiger partial charge in [0, 0.05) is 19.3 Å². The van der Waals surface area contributed by atoms with E-state index in [1.54, 1.807) is 18.2 Å². The van der Waals surface area contributed by atoms with Gasteiger partial charge in [-0.3, -0.25) is 4.79 Å². The molecule has 0 aliphatic heterocycles. The van der Waals surface area contributed by atoms with E-state index in [9.17, 15) is 4.79 Å². The van der Waals surface area contributed by atoms with Crippen LogP contribution in [-0.4, -0.2) is 32.3 Å². The van der Waals surface area contributed by atoms with Crippen molar-refractivity contribution in [2.24, 2.45) is 5.73 Å². The second kappa shape index (κ2) is 7.20. The van der Waals surface area contributed by atoms with E-state index < -0.39 is 6.10 Å². The number of methoxy groups -OCH3 is 1. The zero-order valence-electron chi connectivity index (χ0n) is 10.4. The van der Waals surface area contributed by atoms with Gasteiger partial charge in [-0.15, -0.1) is 0 Å². The fourth-order valence-corrected chi connectivity index (χ4v) is 1.62. The monoisotopic (exact) mass is 272 g/mol. The van der Waals surface area contributed by atoms with Crippen LogP contribution in [0.2, 0.25) is 5.02 Å². The summed E-state index contributed by atoms with van der Waals surface area (Å²) in [5.41, 5.74) is 5.97. The number of halogens is 1. The third-order valence-corrected chi connectivity index (χ3v) is 2.59. The number of amides is 1. The number of ether oxygens (including phenoxy) is 2. The highest BCUT2D eigenvalue weighted by Gasteiger charge is 2.16. The van der Waals surface area contributed by atoms with Crippen LogP contribution in [0.5, 0.6) is 5.75 Å². The molecule has 0 heterocycles. The van der Waals surface area contributed by atoms with Crippen LogP contribution in [0.4, 0.5) is 5.69 Å². The normalized spacial score (nSPS) is 12.0. The maximum atomic E-state index is 11.7. The maximum absolute atomic E-state index is 11.7. The quantitative estimate of drug-likeness (QED) is 0.826. The van der Waals surface area contributed by atoms with Crippen molar-refractivity contribution in [2.45, 2.75) is 13.0 Å². The minimum Gasteiger partial charge on any atom is -0.492 e. The zero-order chi connectivity index (χ0) is 13.5. The number of hydrogen-bond donors (Lipinski definition) is 2.